The molecular formula is C15H23BrN2O2. The van der Waals surface area contributed by atoms with Gasteiger partial charge in [-0.1, -0.05) is 28.9 Å². The molecule has 112 valence electrons. The van der Waals surface area contributed by atoms with Crippen molar-refractivity contribution in [3.8, 4) is 5.75 Å². The first kappa shape index (κ1) is 17.0. The summed E-state index contributed by atoms with van der Waals surface area (Å²) in [6, 6.07) is 5.49. The molecule has 0 saturated heterocycles. The maximum Gasteiger partial charge on any atom is 0.258 e. The van der Waals surface area contributed by atoms with E-state index in [-0.39, 0.29) is 24.1 Å². The third-order valence-electron chi connectivity index (χ3n) is 3.19. The molecule has 0 fully saturated rings. The topological polar surface area (TPSA) is 64.3 Å². The van der Waals surface area contributed by atoms with Crippen LogP contribution in [0.1, 0.15) is 45.7 Å². The van der Waals surface area contributed by atoms with Crippen LogP contribution in [0.2, 0.25) is 0 Å². The lowest BCUT2D eigenvalue weighted by Gasteiger charge is -2.24. The smallest absolute Gasteiger partial charge is 0.258 e. The molecule has 3 N–H and O–H groups in total. The van der Waals surface area contributed by atoms with Gasteiger partial charge in [0, 0.05) is 21.6 Å². The first-order chi connectivity index (χ1) is 9.25. The summed E-state index contributed by atoms with van der Waals surface area (Å²) in [6.07, 6.45) is 0.862. The molecule has 0 bridgehead atoms. The number of ether oxygens (including phenoxy) is 1. The monoisotopic (exact) mass is 342 g/mol. The molecule has 0 saturated carbocycles. The summed E-state index contributed by atoms with van der Waals surface area (Å²) < 4.78 is 6.50. The van der Waals surface area contributed by atoms with E-state index in [2.05, 4.69) is 21.2 Å². The van der Waals surface area contributed by atoms with Crippen molar-refractivity contribution >= 4 is 21.8 Å². The number of hydrogen-bond acceptors (Lipinski definition) is 3. The molecule has 0 heterocycles. The Labute approximate surface area is 129 Å². The van der Waals surface area contributed by atoms with Crippen molar-refractivity contribution in [2.45, 2.75) is 45.7 Å². The first-order valence-electron chi connectivity index (χ1n) is 6.74. The summed E-state index contributed by atoms with van der Waals surface area (Å²) in [4.78, 5) is 11.9. The summed E-state index contributed by atoms with van der Waals surface area (Å²) in [6.45, 7) is 7.87. The second-order valence-corrected chi connectivity index (χ2v) is 6.46. The zero-order valence-corrected chi connectivity index (χ0v) is 14.1. The fraction of sp³-hybridized carbons (Fsp3) is 0.533. The van der Waals surface area contributed by atoms with E-state index >= 15 is 0 Å². The number of nitrogens with one attached hydrogen (secondary N) is 1. The maximum absolute atomic E-state index is 11.9. The number of nitrogens with two attached hydrogens (primary N) is 1. The molecule has 1 amide bonds. The van der Waals surface area contributed by atoms with Crippen LogP contribution in [0.3, 0.4) is 0 Å². The van der Waals surface area contributed by atoms with Gasteiger partial charge in [0.15, 0.2) is 6.61 Å². The van der Waals surface area contributed by atoms with Gasteiger partial charge in [0.25, 0.3) is 5.91 Å². The van der Waals surface area contributed by atoms with E-state index in [0.29, 0.717) is 5.75 Å². The van der Waals surface area contributed by atoms with Crippen LogP contribution < -0.4 is 15.8 Å². The third kappa shape index (κ3) is 5.13. The molecule has 0 aliphatic rings. The fourth-order valence-corrected chi connectivity index (χ4v) is 1.99. The molecule has 5 heteroatoms. The van der Waals surface area contributed by atoms with E-state index < -0.39 is 0 Å². The average molecular weight is 343 g/mol. The Bertz CT molecular complexity index is 473. The van der Waals surface area contributed by atoms with Gasteiger partial charge in [-0.3, -0.25) is 4.79 Å². The fourth-order valence-electron chi connectivity index (χ4n) is 1.65. The SMILES string of the molecule is CCC(C)(C)NC(=O)COc1cc(Br)ccc1C(C)N. The minimum atomic E-state index is -0.221. The summed E-state index contributed by atoms with van der Waals surface area (Å²) >= 11 is 3.39. The van der Waals surface area contributed by atoms with E-state index in [9.17, 15) is 4.79 Å². The van der Waals surface area contributed by atoms with Crippen LogP contribution in [0.4, 0.5) is 0 Å². The van der Waals surface area contributed by atoms with Gasteiger partial charge in [-0.2, -0.15) is 0 Å². The highest BCUT2D eigenvalue weighted by Gasteiger charge is 2.18. The van der Waals surface area contributed by atoms with Crippen LogP contribution in [-0.2, 0) is 4.79 Å². The van der Waals surface area contributed by atoms with Crippen molar-refractivity contribution in [3.05, 3.63) is 28.2 Å². The highest BCUT2D eigenvalue weighted by Crippen LogP contribution is 2.27. The first-order valence-corrected chi connectivity index (χ1v) is 7.53. The lowest BCUT2D eigenvalue weighted by molar-refractivity contribution is -0.124. The molecule has 0 aromatic heterocycles. The number of carbonyl (C=O) groups is 1. The molecule has 0 aliphatic carbocycles. The summed E-state index contributed by atoms with van der Waals surface area (Å²) in [5, 5.41) is 2.93. The molecule has 0 aliphatic heterocycles. The molecule has 1 aromatic carbocycles. The van der Waals surface area contributed by atoms with Gasteiger partial charge in [-0.25, -0.2) is 0 Å². The Hall–Kier alpha value is -1.07. The van der Waals surface area contributed by atoms with Crippen LogP contribution in [0, 0.1) is 0 Å². The average Bonchev–Trinajstić information content (AvgIpc) is 2.35. The van der Waals surface area contributed by atoms with Gasteiger partial charge >= 0.3 is 0 Å². The van der Waals surface area contributed by atoms with Gasteiger partial charge in [0.05, 0.1) is 0 Å². The van der Waals surface area contributed by atoms with Crippen molar-refractivity contribution in [1.29, 1.82) is 0 Å². The Morgan fingerprint density at radius 3 is 2.70 bits per heavy atom. The summed E-state index contributed by atoms with van der Waals surface area (Å²) in [7, 11) is 0. The van der Waals surface area contributed by atoms with Crippen LogP contribution >= 0.6 is 15.9 Å². The van der Waals surface area contributed by atoms with Gasteiger partial charge in [0.1, 0.15) is 5.75 Å². The van der Waals surface area contributed by atoms with Crippen molar-refractivity contribution < 1.29 is 9.53 Å². The zero-order valence-electron chi connectivity index (χ0n) is 12.5. The van der Waals surface area contributed by atoms with Gasteiger partial charge in [-0.05, 0) is 39.3 Å². The Morgan fingerprint density at radius 2 is 2.15 bits per heavy atom. The minimum absolute atomic E-state index is 0.0143. The standard InChI is InChI=1S/C15H23BrN2O2/c1-5-15(3,4)18-14(19)9-20-13-8-11(16)6-7-12(13)10(2)17/h6-8,10H,5,9,17H2,1-4H3,(H,18,19). The number of carbonyl (C=O) groups excluding carboxylic acids is 1. The number of rotatable bonds is 6. The number of hydrogen-bond donors (Lipinski definition) is 2. The molecule has 0 radical (unpaired) electrons. The van der Waals surface area contributed by atoms with Crippen LogP contribution in [0.15, 0.2) is 22.7 Å². The van der Waals surface area contributed by atoms with E-state index in [1.807, 2.05) is 45.9 Å². The molecule has 1 atom stereocenters. The normalized spacial score (nSPS) is 12.9. The predicted molar refractivity (Wildman–Crippen MR) is 84.8 cm³/mol. The molecule has 20 heavy (non-hydrogen) atoms. The molecule has 0 spiro atoms. The molecule has 1 aromatic rings. The van der Waals surface area contributed by atoms with Crippen LogP contribution in [0.5, 0.6) is 5.75 Å². The van der Waals surface area contributed by atoms with Crippen molar-refractivity contribution in [2.75, 3.05) is 6.61 Å². The molecule has 1 rings (SSSR count). The lowest BCUT2D eigenvalue weighted by atomic mass is 10.0. The van der Waals surface area contributed by atoms with Gasteiger partial charge < -0.3 is 15.8 Å². The Morgan fingerprint density at radius 1 is 1.50 bits per heavy atom. The Balaban J connectivity index is 2.70. The lowest BCUT2D eigenvalue weighted by Crippen LogP contribution is -2.44. The second-order valence-electron chi connectivity index (χ2n) is 5.55. The number of halogens is 1. The van der Waals surface area contributed by atoms with Crippen molar-refractivity contribution in [2.24, 2.45) is 5.73 Å². The Kier molecular flexibility index (Phi) is 6.02. The van der Waals surface area contributed by atoms with Crippen molar-refractivity contribution in [3.63, 3.8) is 0 Å². The largest absolute Gasteiger partial charge is 0.483 e. The maximum atomic E-state index is 11.9. The van der Waals surface area contributed by atoms with E-state index in [4.69, 9.17) is 10.5 Å². The molecular weight excluding hydrogens is 320 g/mol. The minimum Gasteiger partial charge on any atom is -0.483 e. The highest BCUT2D eigenvalue weighted by atomic mass is 79.9. The molecule has 4 nitrogen and oxygen atoms in total. The second kappa shape index (κ2) is 7.09. The summed E-state index contributed by atoms with van der Waals surface area (Å²) in [5.41, 5.74) is 6.56. The number of benzene rings is 1. The third-order valence-corrected chi connectivity index (χ3v) is 3.68. The predicted octanol–water partition coefficient (Wildman–Crippen LogP) is 3.15. The summed E-state index contributed by atoms with van der Waals surface area (Å²) in [5.74, 6) is 0.506. The van der Waals surface area contributed by atoms with Crippen molar-refractivity contribution in [1.82, 2.24) is 5.32 Å². The quantitative estimate of drug-likeness (QED) is 0.834. The zero-order chi connectivity index (χ0) is 15.3. The number of amides is 1. The van der Waals surface area contributed by atoms with Crippen LogP contribution in [-0.4, -0.2) is 18.1 Å². The van der Waals surface area contributed by atoms with Gasteiger partial charge in [0.2, 0.25) is 0 Å². The van der Waals surface area contributed by atoms with E-state index in [0.717, 1.165) is 16.5 Å². The molecule has 1 unspecified atom stereocenters. The van der Waals surface area contributed by atoms with E-state index in [1.54, 1.807) is 0 Å². The van der Waals surface area contributed by atoms with Gasteiger partial charge in [-0.15, -0.1) is 0 Å². The highest BCUT2D eigenvalue weighted by molar-refractivity contribution is 9.10. The van der Waals surface area contributed by atoms with Crippen LogP contribution in [0.25, 0.3) is 0 Å². The van der Waals surface area contributed by atoms with E-state index in [1.165, 1.54) is 0 Å².